The van der Waals surface area contributed by atoms with Gasteiger partial charge < -0.3 is 10.2 Å². The average molecular weight is 715 g/mol. The van der Waals surface area contributed by atoms with Gasteiger partial charge in [0, 0.05) is 39.6 Å². The van der Waals surface area contributed by atoms with Gasteiger partial charge in [0.05, 0.1) is 10.6 Å². The van der Waals surface area contributed by atoms with Crippen molar-refractivity contribution in [1.82, 2.24) is 10.2 Å². The van der Waals surface area contributed by atoms with E-state index in [2.05, 4.69) is 5.32 Å². The maximum Gasteiger partial charge on any atom is 0.264 e. The second-order valence-corrected chi connectivity index (χ2v) is 14.5. The number of hydrogen-bond donors (Lipinski definition) is 1. The van der Waals surface area contributed by atoms with Crippen molar-refractivity contribution < 1.29 is 18.0 Å². The van der Waals surface area contributed by atoms with Crippen molar-refractivity contribution in [3.05, 3.63) is 128 Å². The van der Waals surface area contributed by atoms with Crippen molar-refractivity contribution in [3.63, 3.8) is 0 Å². The number of nitrogens with zero attached hydrogens (tertiary/aromatic N) is 2. The molecule has 2 atom stereocenters. The summed E-state index contributed by atoms with van der Waals surface area (Å²) in [5.74, 6) is -1.01. The first-order valence-electron chi connectivity index (χ1n) is 15.2. The zero-order valence-electron chi connectivity index (χ0n) is 26.7. The van der Waals surface area contributed by atoms with Crippen molar-refractivity contribution in [1.29, 1.82) is 0 Å². The highest BCUT2D eigenvalue weighted by molar-refractivity contribution is 7.92. The zero-order valence-corrected chi connectivity index (χ0v) is 29.8. The first kappa shape index (κ1) is 36.3. The fourth-order valence-corrected chi connectivity index (χ4v) is 7.22. The third-order valence-electron chi connectivity index (χ3n) is 8.06. The Labute approximate surface area is 292 Å². The number of anilines is 1. The van der Waals surface area contributed by atoms with Gasteiger partial charge >= 0.3 is 0 Å². The van der Waals surface area contributed by atoms with Gasteiger partial charge in [-0.1, -0.05) is 102 Å². The first-order chi connectivity index (χ1) is 22.3. The van der Waals surface area contributed by atoms with Gasteiger partial charge in [-0.05, 0) is 74.7 Å². The molecule has 0 radical (unpaired) electrons. The van der Waals surface area contributed by atoms with Gasteiger partial charge in [0.2, 0.25) is 11.8 Å². The molecule has 248 valence electrons. The molecular weight excluding hydrogens is 677 g/mol. The molecule has 4 rings (SSSR count). The summed E-state index contributed by atoms with van der Waals surface area (Å²) in [4.78, 5) is 30.1. The van der Waals surface area contributed by atoms with Crippen molar-refractivity contribution in [2.75, 3.05) is 10.8 Å². The molecule has 0 aliphatic heterocycles. The lowest BCUT2D eigenvalue weighted by Gasteiger charge is -2.35. The molecule has 11 heteroatoms. The molecule has 0 spiro atoms. The number of aryl methyl sites for hydroxylation is 1. The van der Waals surface area contributed by atoms with Crippen LogP contribution in [-0.4, -0.2) is 43.8 Å². The number of benzene rings is 4. The zero-order chi connectivity index (χ0) is 34.3. The summed E-state index contributed by atoms with van der Waals surface area (Å²) in [5, 5.41) is 3.98. The van der Waals surface area contributed by atoms with Gasteiger partial charge in [-0.2, -0.15) is 0 Å². The van der Waals surface area contributed by atoms with E-state index >= 15 is 0 Å². The van der Waals surface area contributed by atoms with E-state index in [1.807, 2.05) is 51.1 Å². The number of halogens is 3. The van der Waals surface area contributed by atoms with Gasteiger partial charge in [0.1, 0.15) is 12.6 Å². The summed E-state index contributed by atoms with van der Waals surface area (Å²) in [6.07, 6.45) is 0.836. The minimum atomic E-state index is -4.28. The molecule has 4 aromatic carbocycles. The molecule has 7 nitrogen and oxygen atoms in total. The van der Waals surface area contributed by atoms with Crippen LogP contribution in [0, 0.1) is 13.8 Å². The minimum Gasteiger partial charge on any atom is -0.352 e. The van der Waals surface area contributed by atoms with E-state index in [-0.39, 0.29) is 35.5 Å². The summed E-state index contributed by atoms with van der Waals surface area (Å²) in [6.45, 7) is 6.61. The number of sulfonamides is 1. The molecule has 0 fully saturated rings. The number of hydrogen-bond acceptors (Lipinski definition) is 4. The Kier molecular flexibility index (Phi) is 12.4. The van der Waals surface area contributed by atoms with Crippen LogP contribution in [0.15, 0.2) is 95.9 Å². The lowest BCUT2D eigenvalue weighted by Crippen LogP contribution is -2.54. The van der Waals surface area contributed by atoms with Crippen LogP contribution >= 0.6 is 34.8 Å². The molecule has 2 amide bonds. The van der Waals surface area contributed by atoms with Crippen LogP contribution < -0.4 is 9.62 Å². The third kappa shape index (κ3) is 8.87. The van der Waals surface area contributed by atoms with Crippen molar-refractivity contribution in [2.24, 2.45) is 0 Å². The number of nitrogens with one attached hydrogen (secondary N) is 1. The summed E-state index contributed by atoms with van der Waals surface area (Å²) >= 11 is 19.6. The van der Waals surface area contributed by atoms with Gasteiger partial charge in [-0.25, -0.2) is 8.42 Å². The van der Waals surface area contributed by atoms with Crippen LogP contribution in [0.3, 0.4) is 0 Å². The quantitative estimate of drug-likeness (QED) is 0.152. The topological polar surface area (TPSA) is 86.8 Å². The van der Waals surface area contributed by atoms with Gasteiger partial charge in [-0.15, -0.1) is 0 Å². The Morgan fingerprint density at radius 3 is 2.02 bits per heavy atom. The molecule has 4 aromatic rings. The Hall–Kier alpha value is -3.56. The van der Waals surface area contributed by atoms with Crippen LogP contribution in [0.2, 0.25) is 15.1 Å². The number of amides is 2. The standard InChI is InChI=1S/C36H38Cl3N3O4S/c1-5-25(3)40-36(44)34(21-27-11-7-6-8-12-27)41(22-29-31(38)14-9-15-32(29)39)35(43)23-42(33-16-10-13-30(37)26(33)4)47(45,46)28-19-17-24(2)18-20-28/h6-20,25,34H,5,21-23H2,1-4H3,(H,40,44)/t25-,34+/m1/s1. The fourth-order valence-electron chi connectivity index (χ4n) is 5.07. The molecule has 0 aromatic heterocycles. The van der Waals surface area contributed by atoms with E-state index < -0.39 is 28.5 Å². The predicted octanol–water partition coefficient (Wildman–Crippen LogP) is 8.01. The largest absolute Gasteiger partial charge is 0.352 e. The first-order valence-corrected chi connectivity index (χ1v) is 17.8. The summed E-state index contributed by atoms with van der Waals surface area (Å²) < 4.78 is 29.7. The highest BCUT2D eigenvalue weighted by atomic mass is 35.5. The predicted molar refractivity (Wildman–Crippen MR) is 191 cm³/mol. The van der Waals surface area contributed by atoms with Crippen molar-refractivity contribution in [3.8, 4) is 0 Å². The van der Waals surface area contributed by atoms with Crippen LogP contribution in [0.4, 0.5) is 5.69 Å². The highest BCUT2D eigenvalue weighted by Gasteiger charge is 2.36. The molecular formula is C36H38Cl3N3O4S. The summed E-state index contributed by atoms with van der Waals surface area (Å²) in [5.41, 5.74) is 2.85. The van der Waals surface area contributed by atoms with Crippen LogP contribution in [0.1, 0.15) is 42.5 Å². The smallest absolute Gasteiger partial charge is 0.264 e. The van der Waals surface area contributed by atoms with Gasteiger partial charge in [-0.3, -0.25) is 13.9 Å². The monoisotopic (exact) mass is 713 g/mol. The molecule has 1 N–H and O–H groups in total. The normalized spacial score (nSPS) is 12.7. The molecule has 0 heterocycles. The van der Waals surface area contributed by atoms with E-state index in [1.165, 1.54) is 17.0 Å². The lowest BCUT2D eigenvalue weighted by atomic mass is 10.0. The van der Waals surface area contributed by atoms with Crippen LogP contribution in [0.25, 0.3) is 0 Å². The Morgan fingerprint density at radius 2 is 1.40 bits per heavy atom. The van der Waals surface area contributed by atoms with E-state index in [0.29, 0.717) is 32.6 Å². The third-order valence-corrected chi connectivity index (χ3v) is 10.9. The van der Waals surface area contributed by atoms with Crippen molar-refractivity contribution >= 4 is 62.3 Å². The Balaban J connectivity index is 1.87. The maximum atomic E-state index is 14.7. The van der Waals surface area contributed by atoms with E-state index in [9.17, 15) is 18.0 Å². The molecule has 47 heavy (non-hydrogen) atoms. The molecule has 0 saturated carbocycles. The average Bonchev–Trinajstić information content (AvgIpc) is 3.04. The Morgan fingerprint density at radius 1 is 0.809 bits per heavy atom. The van der Waals surface area contributed by atoms with E-state index in [1.54, 1.807) is 55.5 Å². The number of carbonyl (C=O) groups excluding carboxylic acids is 2. The van der Waals surface area contributed by atoms with Crippen LogP contribution in [-0.2, 0) is 32.6 Å². The van der Waals surface area contributed by atoms with E-state index in [4.69, 9.17) is 34.8 Å². The summed E-state index contributed by atoms with van der Waals surface area (Å²) in [7, 11) is -4.28. The molecule has 0 aliphatic rings. The second kappa shape index (κ2) is 16.0. The SMILES string of the molecule is CC[C@@H](C)NC(=O)[C@H](Cc1ccccc1)N(Cc1c(Cl)cccc1Cl)C(=O)CN(c1cccc(Cl)c1C)S(=O)(=O)c1ccc(C)cc1. The lowest BCUT2D eigenvalue weighted by molar-refractivity contribution is -0.140. The molecule has 0 unspecified atom stereocenters. The van der Waals surface area contributed by atoms with Gasteiger partial charge in [0.25, 0.3) is 10.0 Å². The molecule has 0 bridgehead atoms. The molecule has 0 aliphatic carbocycles. The molecule has 0 saturated heterocycles. The maximum absolute atomic E-state index is 14.7. The summed E-state index contributed by atoms with van der Waals surface area (Å²) in [6, 6.07) is 24.4. The van der Waals surface area contributed by atoms with Gasteiger partial charge in [0.15, 0.2) is 0 Å². The Bertz CT molecular complexity index is 1800. The number of carbonyl (C=O) groups is 2. The number of rotatable bonds is 13. The van der Waals surface area contributed by atoms with Crippen molar-refractivity contribution in [2.45, 2.75) is 64.1 Å². The highest BCUT2D eigenvalue weighted by Crippen LogP contribution is 2.32. The minimum absolute atomic E-state index is 0.00585. The second-order valence-electron chi connectivity index (χ2n) is 11.5. The van der Waals surface area contributed by atoms with Crippen LogP contribution in [0.5, 0.6) is 0 Å². The fraction of sp³-hybridized carbons (Fsp3) is 0.278. The van der Waals surface area contributed by atoms with E-state index in [0.717, 1.165) is 15.4 Å².